The van der Waals surface area contributed by atoms with Crippen molar-refractivity contribution in [3.05, 3.63) is 35.9 Å². The molecule has 0 aliphatic carbocycles. The molecule has 4 heteroatoms. The summed E-state index contributed by atoms with van der Waals surface area (Å²) in [7, 11) is 1.84. The summed E-state index contributed by atoms with van der Waals surface area (Å²) in [5, 5.41) is 4.06. The molecule has 0 saturated carbocycles. The Bertz CT molecular complexity index is 398. The molecule has 2 N–H and O–H groups in total. The van der Waals surface area contributed by atoms with Gasteiger partial charge in [-0.1, -0.05) is 6.58 Å². The van der Waals surface area contributed by atoms with E-state index in [9.17, 15) is 0 Å². The normalized spacial score (nSPS) is 12.1. The molecule has 1 aromatic rings. The Kier molecular flexibility index (Phi) is 2.86. The molecule has 0 fully saturated rings. The van der Waals surface area contributed by atoms with Crippen LogP contribution in [0.5, 0.6) is 0 Å². The summed E-state index contributed by atoms with van der Waals surface area (Å²) in [6.45, 7) is 9.12. The van der Waals surface area contributed by atoms with Gasteiger partial charge in [-0.2, -0.15) is 5.10 Å². The van der Waals surface area contributed by atoms with E-state index in [4.69, 9.17) is 5.73 Å². The highest BCUT2D eigenvalue weighted by molar-refractivity contribution is 5.79. The van der Waals surface area contributed by atoms with Crippen molar-refractivity contribution in [3.63, 3.8) is 0 Å². The van der Waals surface area contributed by atoms with E-state index >= 15 is 0 Å². The largest absolute Gasteiger partial charge is 0.383 e. The van der Waals surface area contributed by atoms with E-state index in [1.807, 2.05) is 20.2 Å². The van der Waals surface area contributed by atoms with Crippen LogP contribution in [0.25, 0.3) is 5.57 Å². The minimum atomic E-state index is 0.380. The quantitative estimate of drug-likeness (QED) is 0.577. The van der Waals surface area contributed by atoms with Crippen LogP contribution < -0.4 is 5.73 Å². The van der Waals surface area contributed by atoms with Crippen LogP contribution in [0.15, 0.2) is 35.4 Å². The maximum atomic E-state index is 5.71. The zero-order chi connectivity index (χ0) is 10.7. The van der Waals surface area contributed by atoms with Gasteiger partial charge in [0, 0.05) is 24.4 Å². The highest BCUT2D eigenvalue weighted by Gasteiger charge is 2.08. The summed E-state index contributed by atoms with van der Waals surface area (Å²) in [6, 6.07) is 0. The predicted molar refractivity (Wildman–Crippen MR) is 58.7 cm³/mol. The van der Waals surface area contributed by atoms with Gasteiger partial charge in [0.15, 0.2) is 0 Å². The maximum absolute atomic E-state index is 5.71. The molecule has 0 aliphatic heterocycles. The third-order valence-electron chi connectivity index (χ3n) is 1.85. The third kappa shape index (κ3) is 1.90. The van der Waals surface area contributed by atoms with Crippen LogP contribution >= 0.6 is 0 Å². The minimum absolute atomic E-state index is 0.380. The van der Waals surface area contributed by atoms with Gasteiger partial charge in [-0.25, -0.2) is 4.99 Å². The number of nitrogens with two attached hydrogens (primary N) is 1. The van der Waals surface area contributed by atoms with E-state index in [1.165, 1.54) is 0 Å². The number of nitrogens with zero attached hydrogens (tertiary/aromatic N) is 3. The summed E-state index contributed by atoms with van der Waals surface area (Å²) < 4.78 is 1.70. The minimum Gasteiger partial charge on any atom is -0.383 e. The number of hydrogen-bond acceptors (Lipinski definition) is 3. The van der Waals surface area contributed by atoms with Crippen molar-refractivity contribution >= 4 is 12.3 Å². The highest BCUT2D eigenvalue weighted by atomic mass is 15.2. The molecule has 0 aromatic carbocycles. The summed E-state index contributed by atoms with van der Waals surface area (Å²) in [5.74, 6) is 0.380. The molecular formula is C10H14N4. The fraction of sp³-hybridized carbons (Fsp3) is 0.200. The molecule has 0 spiro atoms. The Morgan fingerprint density at radius 3 is 2.64 bits per heavy atom. The number of aryl methyl sites for hydroxylation is 1. The Labute approximate surface area is 83.4 Å². The molecule has 0 unspecified atom stereocenters. The second-order valence-corrected chi connectivity index (χ2v) is 3.10. The predicted octanol–water partition coefficient (Wildman–Crippen LogP) is 1.32. The lowest BCUT2D eigenvalue weighted by molar-refractivity contribution is 0.767. The smallest absolute Gasteiger partial charge is 0.130 e. The second-order valence-electron chi connectivity index (χ2n) is 3.10. The molecule has 4 nitrogen and oxygen atoms in total. The highest BCUT2D eigenvalue weighted by Crippen LogP contribution is 2.23. The summed E-state index contributed by atoms with van der Waals surface area (Å²) in [5.41, 5.74) is 8.27. The molecule has 0 radical (unpaired) electrons. The maximum Gasteiger partial charge on any atom is 0.130 e. The van der Waals surface area contributed by atoms with Gasteiger partial charge in [0.05, 0.1) is 6.20 Å². The molecule has 14 heavy (non-hydrogen) atoms. The lowest BCUT2D eigenvalue weighted by Crippen LogP contribution is -1.99. The molecule has 1 heterocycles. The van der Waals surface area contributed by atoms with Crippen LogP contribution in [0.3, 0.4) is 0 Å². The van der Waals surface area contributed by atoms with Crippen molar-refractivity contribution in [3.8, 4) is 0 Å². The first-order valence-corrected chi connectivity index (χ1v) is 4.17. The van der Waals surface area contributed by atoms with Crippen molar-refractivity contribution < 1.29 is 0 Å². The van der Waals surface area contributed by atoms with Gasteiger partial charge in [0.1, 0.15) is 5.82 Å². The molecule has 0 saturated heterocycles. The standard InChI is InChI=1S/C10H14N4/c1-7(2)9(10(11)12-3)8-5-13-14(4)6-8/h5-6H,1,3,11H2,2,4H3/b10-9+. The van der Waals surface area contributed by atoms with Crippen molar-refractivity contribution in [1.29, 1.82) is 0 Å². The molecule has 0 aliphatic rings. The van der Waals surface area contributed by atoms with Gasteiger partial charge in [0.25, 0.3) is 0 Å². The number of allylic oxidation sites excluding steroid dienone is 2. The molecule has 1 rings (SSSR count). The van der Waals surface area contributed by atoms with Gasteiger partial charge in [0.2, 0.25) is 0 Å². The van der Waals surface area contributed by atoms with Gasteiger partial charge in [-0.15, -0.1) is 0 Å². The lowest BCUT2D eigenvalue weighted by Gasteiger charge is -2.05. The Balaban J connectivity index is 3.27. The zero-order valence-electron chi connectivity index (χ0n) is 8.49. The van der Waals surface area contributed by atoms with Gasteiger partial charge in [-0.3, -0.25) is 4.68 Å². The molecule has 0 amide bonds. The van der Waals surface area contributed by atoms with Crippen LogP contribution in [0.1, 0.15) is 12.5 Å². The van der Waals surface area contributed by atoms with Crippen LogP contribution in [0.4, 0.5) is 0 Å². The first-order valence-electron chi connectivity index (χ1n) is 4.17. The monoisotopic (exact) mass is 190 g/mol. The Morgan fingerprint density at radius 2 is 2.29 bits per heavy atom. The summed E-state index contributed by atoms with van der Waals surface area (Å²) in [4.78, 5) is 3.71. The number of aromatic nitrogens is 2. The van der Waals surface area contributed by atoms with Crippen molar-refractivity contribution in [2.24, 2.45) is 17.8 Å². The molecular weight excluding hydrogens is 176 g/mol. The Morgan fingerprint density at radius 1 is 1.64 bits per heavy atom. The van der Waals surface area contributed by atoms with Crippen LogP contribution in [0, 0.1) is 0 Å². The SMILES string of the molecule is C=N/C(N)=C(\C(=C)C)c1cnn(C)c1. The molecule has 74 valence electrons. The van der Waals surface area contributed by atoms with E-state index in [0.29, 0.717) is 5.82 Å². The number of hydrogen-bond donors (Lipinski definition) is 1. The first kappa shape index (κ1) is 10.2. The summed E-state index contributed by atoms with van der Waals surface area (Å²) in [6.07, 6.45) is 3.59. The van der Waals surface area contributed by atoms with Crippen molar-refractivity contribution in [2.75, 3.05) is 0 Å². The van der Waals surface area contributed by atoms with Crippen LogP contribution in [0.2, 0.25) is 0 Å². The Hall–Kier alpha value is -1.84. The fourth-order valence-corrected chi connectivity index (χ4v) is 1.24. The fourth-order valence-electron chi connectivity index (χ4n) is 1.24. The van der Waals surface area contributed by atoms with E-state index in [0.717, 1.165) is 16.7 Å². The molecule has 0 bridgehead atoms. The van der Waals surface area contributed by atoms with Gasteiger partial charge in [-0.05, 0) is 19.2 Å². The van der Waals surface area contributed by atoms with Crippen LogP contribution in [-0.4, -0.2) is 16.5 Å². The third-order valence-corrected chi connectivity index (χ3v) is 1.85. The molecule has 0 atom stereocenters. The van der Waals surface area contributed by atoms with Gasteiger partial charge < -0.3 is 5.73 Å². The molecule has 1 aromatic heterocycles. The van der Waals surface area contributed by atoms with Crippen LogP contribution in [-0.2, 0) is 7.05 Å². The first-order chi connectivity index (χ1) is 6.56. The average Bonchev–Trinajstić information content (AvgIpc) is 2.51. The van der Waals surface area contributed by atoms with E-state index in [2.05, 4.69) is 23.4 Å². The number of aliphatic imine (C=N–C) groups is 1. The van der Waals surface area contributed by atoms with E-state index in [-0.39, 0.29) is 0 Å². The lowest BCUT2D eigenvalue weighted by atomic mass is 10.0. The average molecular weight is 190 g/mol. The second kappa shape index (κ2) is 3.91. The van der Waals surface area contributed by atoms with Gasteiger partial charge >= 0.3 is 0 Å². The van der Waals surface area contributed by atoms with Crippen molar-refractivity contribution in [2.45, 2.75) is 6.92 Å². The number of rotatable bonds is 3. The van der Waals surface area contributed by atoms with E-state index < -0.39 is 0 Å². The topological polar surface area (TPSA) is 56.2 Å². The summed E-state index contributed by atoms with van der Waals surface area (Å²) >= 11 is 0. The van der Waals surface area contributed by atoms with Crippen molar-refractivity contribution in [1.82, 2.24) is 9.78 Å². The zero-order valence-corrected chi connectivity index (χ0v) is 8.49. The van der Waals surface area contributed by atoms with E-state index in [1.54, 1.807) is 10.9 Å².